The molecule has 1 aromatic carbocycles. The molecule has 0 bridgehead atoms. The topological polar surface area (TPSA) is 268 Å². The average Bonchev–Trinajstić information content (AvgIpc) is 3.31. The highest BCUT2D eigenvalue weighted by molar-refractivity contribution is 5.95. The molecule has 1 aromatic heterocycles. The maximum atomic E-state index is 13.6. The number of nitrogens with two attached hydrogens (primary N) is 3. The van der Waals surface area contributed by atoms with Gasteiger partial charge in [0.25, 0.3) is 0 Å². The van der Waals surface area contributed by atoms with Crippen molar-refractivity contribution in [2.45, 2.75) is 70.1 Å². The fraction of sp³-hybridized carbons (Fsp3) is 0.481. The molecule has 230 valence electrons. The Labute approximate surface area is 242 Å². The lowest BCUT2D eigenvalue weighted by molar-refractivity contribution is -0.147. The van der Waals surface area contributed by atoms with Crippen molar-refractivity contribution in [3.05, 3.63) is 36.0 Å². The number of amides is 3. The van der Waals surface area contributed by atoms with Crippen LogP contribution in [-0.2, 0) is 30.4 Å². The second-order valence-corrected chi connectivity index (χ2v) is 10.4. The lowest BCUT2D eigenvalue weighted by Gasteiger charge is -2.26. The fourth-order valence-electron chi connectivity index (χ4n) is 4.28. The molecule has 0 aliphatic heterocycles. The smallest absolute Gasteiger partial charge is 0.326 e. The molecule has 0 aliphatic carbocycles. The van der Waals surface area contributed by atoms with E-state index in [9.17, 15) is 29.1 Å². The molecule has 2 rings (SSSR count). The lowest BCUT2D eigenvalue weighted by atomic mass is 10.00. The molecule has 0 fully saturated rings. The van der Waals surface area contributed by atoms with E-state index in [1.807, 2.05) is 24.3 Å². The Balaban J connectivity index is 2.27. The monoisotopic (exact) mass is 588 g/mol. The Hall–Kier alpha value is -4.66. The number of carboxylic acid groups (broad SMARTS) is 2. The summed E-state index contributed by atoms with van der Waals surface area (Å²) in [4.78, 5) is 69.1. The molecular weight excluding hydrogens is 548 g/mol. The second-order valence-electron chi connectivity index (χ2n) is 10.4. The van der Waals surface area contributed by atoms with Gasteiger partial charge in [-0.05, 0) is 36.8 Å². The standard InChI is InChI=1S/C27H40N8O7/c1-14(2)10-19(24(39)35-21(26(41)42)12-22(36)37)34-25(40)20(11-15-13-32-18-8-4-3-6-16(15)18)33-23(38)17(28)7-5-9-31-27(29)30/h3-4,6,8,13-14,17,19-21,32H,5,7,9-12,28H2,1-2H3,(H,33,38)(H,34,40)(H,35,39)(H,36,37)(H,41,42)(H4,29,30,31). The summed E-state index contributed by atoms with van der Waals surface area (Å²) in [5, 5.41) is 26.7. The minimum atomic E-state index is -1.69. The largest absolute Gasteiger partial charge is 0.481 e. The number of aromatic amines is 1. The van der Waals surface area contributed by atoms with Crippen LogP contribution in [0.4, 0.5) is 0 Å². The van der Waals surface area contributed by atoms with Gasteiger partial charge >= 0.3 is 11.9 Å². The molecular formula is C27H40N8O7. The molecule has 2 aromatic rings. The van der Waals surface area contributed by atoms with Crippen molar-refractivity contribution < 1.29 is 34.2 Å². The number of aliphatic carboxylic acids is 2. The Bertz CT molecular complexity index is 1290. The first-order valence-corrected chi connectivity index (χ1v) is 13.5. The SMILES string of the molecule is CC(C)CC(NC(=O)C(Cc1c[nH]c2ccccc12)NC(=O)C(N)CCCN=C(N)N)C(=O)NC(CC(=O)O)C(=O)O. The third kappa shape index (κ3) is 10.7. The number of nitrogens with one attached hydrogen (secondary N) is 4. The van der Waals surface area contributed by atoms with Gasteiger partial charge in [-0.2, -0.15) is 0 Å². The highest BCUT2D eigenvalue weighted by Crippen LogP contribution is 2.19. The minimum Gasteiger partial charge on any atom is -0.481 e. The van der Waals surface area contributed by atoms with E-state index in [2.05, 4.69) is 25.9 Å². The van der Waals surface area contributed by atoms with Crippen LogP contribution < -0.4 is 33.2 Å². The lowest BCUT2D eigenvalue weighted by Crippen LogP contribution is -2.58. The Kier molecular flexibility index (Phi) is 12.7. The first-order chi connectivity index (χ1) is 19.8. The molecule has 0 saturated heterocycles. The van der Waals surface area contributed by atoms with E-state index in [0.717, 1.165) is 16.5 Å². The molecule has 4 unspecified atom stereocenters. The van der Waals surface area contributed by atoms with E-state index < -0.39 is 60.2 Å². The van der Waals surface area contributed by atoms with Gasteiger partial charge in [-0.3, -0.25) is 24.2 Å². The number of rotatable bonds is 17. The van der Waals surface area contributed by atoms with Gasteiger partial charge in [-0.1, -0.05) is 32.0 Å². The Morgan fingerprint density at radius 3 is 2.17 bits per heavy atom. The predicted octanol–water partition coefficient (Wildman–Crippen LogP) is -0.849. The van der Waals surface area contributed by atoms with Crippen LogP contribution in [0.25, 0.3) is 10.9 Å². The number of hydrogen-bond donors (Lipinski definition) is 9. The number of guanidine groups is 1. The summed E-state index contributed by atoms with van der Waals surface area (Å²) in [6, 6.07) is 2.37. The van der Waals surface area contributed by atoms with Crippen molar-refractivity contribution in [1.29, 1.82) is 0 Å². The van der Waals surface area contributed by atoms with Crippen LogP contribution in [0.5, 0.6) is 0 Å². The van der Waals surface area contributed by atoms with Crippen LogP contribution in [0.1, 0.15) is 45.1 Å². The number of benzene rings is 1. The number of carboxylic acids is 2. The number of fused-ring (bicyclic) bond motifs is 1. The number of para-hydroxylation sites is 1. The van der Waals surface area contributed by atoms with Gasteiger partial charge < -0.3 is 48.3 Å². The van der Waals surface area contributed by atoms with Crippen LogP contribution in [0.2, 0.25) is 0 Å². The Morgan fingerprint density at radius 1 is 0.929 bits per heavy atom. The zero-order chi connectivity index (χ0) is 31.4. The van der Waals surface area contributed by atoms with Crippen molar-refractivity contribution in [2.24, 2.45) is 28.1 Å². The number of aromatic nitrogens is 1. The third-order valence-corrected chi connectivity index (χ3v) is 6.37. The van der Waals surface area contributed by atoms with E-state index in [1.165, 1.54) is 0 Å². The molecule has 15 heteroatoms. The summed E-state index contributed by atoms with van der Waals surface area (Å²) in [5.41, 5.74) is 18.2. The van der Waals surface area contributed by atoms with Crippen LogP contribution in [0, 0.1) is 5.92 Å². The molecule has 4 atom stereocenters. The van der Waals surface area contributed by atoms with E-state index in [0.29, 0.717) is 6.42 Å². The molecule has 42 heavy (non-hydrogen) atoms. The normalized spacial score (nSPS) is 13.9. The molecule has 0 aliphatic rings. The fourth-order valence-corrected chi connectivity index (χ4v) is 4.28. The molecule has 0 saturated carbocycles. The summed E-state index contributed by atoms with van der Waals surface area (Å²) in [6.07, 6.45) is 1.70. The summed E-state index contributed by atoms with van der Waals surface area (Å²) < 4.78 is 0. The van der Waals surface area contributed by atoms with Crippen LogP contribution >= 0.6 is 0 Å². The molecule has 15 nitrogen and oxygen atoms in total. The quantitative estimate of drug-likeness (QED) is 0.0627. The van der Waals surface area contributed by atoms with Gasteiger partial charge in [0.15, 0.2) is 5.96 Å². The van der Waals surface area contributed by atoms with Crippen molar-refractivity contribution >= 4 is 46.5 Å². The third-order valence-electron chi connectivity index (χ3n) is 6.37. The maximum absolute atomic E-state index is 13.6. The first kappa shape index (κ1) is 33.5. The summed E-state index contributed by atoms with van der Waals surface area (Å²) >= 11 is 0. The molecule has 0 spiro atoms. The van der Waals surface area contributed by atoms with Crippen molar-refractivity contribution in [3.8, 4) is 0 Å². The van der Waals surface area contributed by atoms with Gasteiger partial charge in [0.05, 0.1) is 12.5 Å². The van der Waals surface area contributed by atoms with E-state index in [-0.39, 0.29) is 37.7 Å². The number of nitrogens with zero attached hydrogens (tertiary/aromatic N) is 1. The van der Waals surface area contributed by atoms with Crippen LogP contribution in [0.3, 0.4) is 0 Å². The van der Waals surface area contributed by atoms with Crippen molar-refractivity contribution in [3.63, 3.8) is 0 Å². The molecule has 12 N–H and O–H groups in total. The van der Waals surface area contributed by atoms with Gasteiger partial charge in [0, 0.05) is 30.1 Å². The Morgan fingerprint density at radius 2 is 1.55 bits per heavy atom. The van der Waals surface area contributed by atoms with Gasteiger partial charge in [-0.15, -0.1) is 0 Å². The molecule has 3 amide bonds. The number of carbonyl (C=O) groups excluding carboxylic acids is 3. The molecule has 0 radical (unpaired) electrons. The highest BCUT2D eigenvalue weighted by atomic mass is 16.4. The van der Waals surface area contributed by atoms with E-state index in [4.69, 9.17) is 22.3 Å². The van der Waals surface area contributed by atoms with Crippen LogP contribution in [0.15, 0.2) is 35.5 Å². The van der Waals surface area contributed by atoms with Gasteiger partial charge in [0.2, 0.25) is 17.7 Å². The summed E-state index contributed by atoms with van der Waals surface area (Å²) in [7, 11) is 0. The average molecular weight is 589 g/mol. The summed E-state index contributed by atoms with van der Waals surface area (Å²) in [5.74, 6) is -5.30. The van der Waals surface area contributed by atoms with E-state index in [1.54, 1.807) is 20.0 Å². The van der Waals surface area contributed by atoms with Crippen molar-refractivity contribution in [1.82, 2.24) is 20.9 Å². The number of aliphatic imine (C=N–C) groups is 1. The zero-order valence-electron chi connectivity index (χ0n) is 23.6. The van der Waals surface area contributed by atoms with E-state index >= 15 is 0 Å². The van der Waals surface area contributed by atoms with Crippen LogP contribution in [-0.4, -0.2) is 81.5 Å². The highest BCUT2D eigenvalue weighted by Gasteiger charge is 2.32. The maximum Gasteiger partial charge on any atom is 0.326 e. The zero-order valence-corrected chi connectivity index (χ0v) is 23.6. The second kappa shape index (κ2) is 16.0. The number of hydrogen-bond acceptors (Lipinski definition) is 7. The first-order valence-electron chi connectivity index (χ1n) is 13.5. The summed E-state index contributed by atoms with van der Waals surface area (Å²) in [6.45, 7) is 3.86. The minimum absolute atomic E-state index is 0.0507. The number of H-pyrrole nitrogens is 1. The molecule has 1 heterocycles. The number of carbonyl (C=O) groups is 5. The van der Waals surface area contributed by atoms with Gasteiger partial charge in [0.1, 0.15) is 18.1 Å². The predicted molar refractivity (Wildman–Crippen MR) is 155 cm³/mol. The van der Waals surface area contributed by atoms with Crippen molar-refractivity contribution in [2.75, 3.05) is 6.54 Å². The van der Waals surface area contributed by atoms with Gasteiger partial charge in [-0.25, -0.2) is 4.79 Å².